The number of piperidine rings is 1. The quantitative estimate of drug-likeness (QED) is 0.844. The first-order valence-corrected chi connectivity index (χ1v) is 6.13. The molecule has 1 aromatic rings. The van der Waals surface area contributed by atoms with Crippen LogP contribution in [0.1, 0.15) is 30.9 Å². The molecule has 3 N–H and O–H groups in total. The van der Waals surface area contributed by atoms with E-state index in [1.54, 1.807) is 6.07 Å². The van der Waals surface area contributed by atoms with Crippen molar-refractivity contribution in [3.05, 3.63) is 29.6 Å². The third kappa shape index (κ3) is 2.76. The van der Waals surface area contributed by atoms with Gasteiger partial charge in [-0.3, -0.25) is 0 Å². The Morgan fingerprint density at radius 1 is 1.29 bits per heavy atom. The number of nitrogens with two attached hydrogens (primary N) is 1. The fraction of sp³-hybridized carbons (Fsp3) is 0.538. The Labute approximate surface area is 101 Å². The van der Waals surface area contributed by atoms with Crippen molar-refractivity contribution in [1.29, 1.82) is 0 Å². The predicted molar refractivity (Wildman–Crippen MR) is 66.5 cm³/mol. The Morgan fingerprint density at radius 3 is 2.59 bits per heavy atom. The van der Waals surface area contributed by atoms with Gasteiger partial charge < -0.3 is 15.7 Å². The summed E-state index contributed by atoms with van der Waals surface area (Å²) in [5.41, 5.74) is 6.92. The van der Waals surface area contributed by atoms with E-state index in [-0.39, 0.29) is 12.4 Å². The second-order valence-electron chi connectivity index (χ2n) is 4.54. The zero-order chi connectivity index (χ0) is 12.3. The maximum atomic E-state index is 13.8. The average Bonchev–Trinajstić information content (AvgIpc) is 2.39. The van der Waals surface area contributed by atoms with Crippen LogP contribution in [-0.2, 0) is 0 Å². The van der Waals surface area contributed by atoms with Gasteiger partial charge in [-0.05, 0) is 31.4 Å². The summed E-state index contributed by atoms with van der Waals surface area (Å²) in [5, 5.41) is 8.93. The summed E-state index contributed by atoms with van der Waals surface area (Å²) >= 11 is 0. The predicted octanol–water partition coefficient (Wildman–Crippen LogP) is 1.81. The van der Waals surface area contributed by atoms with Gasteiger partial charge in [0.1, 0.15) is 5.82 Å². The second kappa shape index (κ2) is 5.47. The molecule has 0 radical (unpaired) electrons. The van der Waals surface area contributed by atoms with E-state index in [4.69, 9.17) is 10.8 Å². The first-order valence-electron chi connectivity index (χ1n) is 6.13. The maximum absolute atomic E-state index is 13.8. The number of halogens is 1. The number of hydrogen-bond acceptors (Lipinski definition) is 3. The van der Waals surface area contributed by atoms with Crippen molar-refractivity contribution in [1.82, 2.24) is 0 Å². The smallest absolute Gasteiger partial charge is 0.130 e. The molecular formula is C13H19FN2O. The van der Waals surface area contributed by atoms with Crippen LogP contribution in [0, 0.1) is 5.82 Å². The van der Waals surface area contributed by atoms with Crippen molar-refractivity contribution >= 4 is 5.69 Å². The Balaban J connectivity index is 2.17. The number of rotatable bonds is 3. The number of anilines is 1. The fourth-order valence-corrected chi connectivity index (χ4v) is 2.26. The monoisotopic (exact) mass is 238 g/mol. The van der Waals surface area contributed by atoms with E-state index in [1.165, 1.54) is 25.3 Å². The van der Waals surface area contributed by atoms with E-state index in [9.17, 15) is 4.39 Å². The van der Waals surface area contributed by atoms with Gasteiger partial charge in [-0.2, -0.15) is 0 Å². The number of aliphatic hydroxyl groups is 1. The van der Waals surface area contributed by atoms with Crippen molar-refractivity contribution in [3.8, 4) is 0 Å². The molecule has 0 bridgehead atoms. The standard InChI is InChI=1S/C13H19FN2O/c14-12-8-10(16-6-2-1-3-7-16)4-5-11(12)13(15)9-17/h4-5,8,13,17H,1-3,6-7,9,15H2/t13-/m0/s1. The summed E-state index contributed by atoms with van der Waals surface area (Å²) in [6.07, 6.45) is 3.59. The van der Waals surface area contributed by atoms with Gasteiger partial charge >= 0.3 is 0 Å². The van der Waals surface area contributed by atoms with Gasteiger partial charge in [-0.1, -0.05) is 6.07 Å². The second-order valence-corrected chi connectivity index (χ2v) is 4.54. The van der Waals surface area contributed by atoms with E-state index in [2.05, 4.69) is 4.90 Å². The van der Waals surface area contributed by atoms with Crippen LogP contribution in [0.25, 0.3) is 0 Å². The lowest BCUT2D eigenvalue weighted by molar-refractivity contribution is 0.265. The molecule has 3 nitrogen and oxygen atoms in total. The first kappa shape index (κ1) is 12.3. The Kier molecular flexibility index (Phi) is 3.97. The average molecular weight is 238 g/mol. The summed E-state index contributed by atoms with van der Waals surface area (Å²) in [6.45, 7) is 1.75. The molecule has 0 aliphatic carbocycles. The van der Waals surface area contributed by atoms with Crippen LogP contribution in [0.15, 0.2) is 18.2 Å². The summed E-state index contributed by atoms with van der Waals surface area (Å²) in [5.74, 6) is -0.324. The number of benzene rings is 1. The van der Waals surface area contributed by atoms with Crippen LogP contribution >= 0.6 is 0 Å². The first-order chi connectivity index (χ1) is 8.22. The largest absolute Gasteiger partial charge is 0.394 e. The molecule has 0 aromatic heterocycles. The van der Waals surface area contributed by atoms with Crippen molar-refractivity contribution in [2.75, 3.05) is 24.6 Å². The molecule has 0 amide bonds. The lowest BCUT2D eigenvalue weighted by atomic mass is 10.1. The summed E-state index contributed by atoms with van der Waals surface area (Å²) in [4.78, 5) is 2.20. The van der Waals surface area contributed by atoms with Gasteiger partial charge in [0, 0.05) is 24.3 Å². The minimum Gasteiger partial charge on any atom is -0.394 e. The molecule has 0 unspecified atom stereocenters. The minimum absolute atomic E-state index is 0.236. The number of aliphatic hydroxyl groups excluding tert-OH is 1. The molecule has 1 heterocycles. The van der Waals surface area contributed by atoms with E-state index in [1.807, 2.05) is 6.07 Å². The highest BCUT2D eigenvalue weighted by Crippen LogP contribution is 2.24. The molecule has 1 aromatic carbocycles. The normalized spacial score (nSPS) is 18.2. The Bertz CT molecular complexity index is 378. The molecule has 1 aliphatic rings. The molecule has 1 saturated heterocycles. The van der Waals surface area contributed by atoms with Crippen molar-refractivity contribution in [2.24, 2.45) is 5.73 Å². The molecule has 17 heavy (non-hydrogen) atoms. The third-order valence-corrected chi connectivity index (χ3v) is 3.30. The minimum atomic E-state index is -0.634. The van der Waals surface area contributed by atoms with Gasteiger partial charge in [-0.25, -0.2) is 4.39 Å². The van der Waals surface area contributed by atoms with Crippen LogP contribution in [0.3, 0.4) is 0 Å². The molecule has 1 atom stereocenters. The molecule has 4 heteroatoms. The summed E-state index contributed by atoms with van der Waals surface area (Å²) < 4.78 is 13.8. The molecule has 0 spiro atoms. The van der Waals surface area contributed by atoms with E-state index in [0.717, 1.165) is 18.8 Å². The van der Waals surface area contributed by atoms with Gasteiger partial charge in [-0.15, -0.1) is 0 Å². The molecule has 1 aliphatic heterocycles. The van der Waals surface area contributed by atoms with Gasteiger partial charge in [0.05, 0.1) is 12.6 Å². The highest BCUT2D eigenvalue weighted by Gasteiger charge is 2.15. The summed E-state index contributed by atoms with van der Waals surface area (Å²) in [6, 6.07) is 4.46. The van der Waals surface area contributed by atoms with E-state index < -0.39 is 6.04 Å². The zero-order valence-electron chi connectivity index (χ0n) is 9.90. The van der Waals surface area contributed by atoms with Crippen LogP contribution in [-0.4, -0.2) is 24.8 Å². The van der Waals surface area contributed by atoms with E-state index in [0.29, 0.717) is 5.56 Å². The Morgan fingerprint density at radius 2 is 2.00 bits per heavy atom. The Hall–Kier alpha value is -1.13. The number of hydrogen-bond donors (Lipinski definition) is 2. The highest BCUT2D eigenvalue weighted by atomic mass is 19.1. The van der Waals surface area contributed by atoms with Crippen LogP contribution in [0.4, 0.5) is 10.1 Å². The van der Waals surface area contributed by atoms with Gasteiger partial charge in [0.25, 0.3) is 0 Å². The van der Waals surface area contributed by atoms with Crippen LogP contribution in [0.2, 0.25) is 0 Å². The van der Waals surface area contributed by atoms with E-state index >= 15 is 0 Å². The SMILES string of the molecule is N[C@@H](CO)c1ccc(N2CCCCC2)cc1F. The third-order valence-electron chi connectivity index (χ3n) is 3.30. The van der Waals surface area contributed by atoms with Crippen molar-refractivity contribution in [3.63, 3.8) is 0 Å². The molecule has 0 saturated carbocycles. The number of nitrogens with zero attached hydrogens (tertiary/aromatic N) is 1. The zero-order valence-corrected chi connectivity index (χ0v) is 9.90. The summed E-state index contributed by atoms with van der Waals surface area (Å²) in [7, 11) is 0. The molecular weight excluding hydrogens is 219 g/mol. The molecule has 94 valence electrons. The lowest BCUT2D eigenvalue weighted by Gasteiger charge is -2.29. The fourth-order valence-electron chi connectivity index (χ4n) is 2.26. The van der Waals surface area contributed by atoms with Crippen molar-refractivity contribution in [2.45, 2.75) is 25.3 Å². The molecule has 2 rings (SSSR count). The maximum Gasteiger partial charge on any atom is 0.130 e. The van der Waals surface area contributed by atoms with Crippen LogP contribution in [0.5, 0.6) is 0 Å². The van der Waals surface area contributed by atoms with Crippen molar-refractivity contribution < 1.29 is 9.50 Å². The highest BCUT2D eigenvalue weighted by molar-refractivity contribution is 5.49. The topological polar surface area (TPSA) is 49.5 Å². The van der Waals surface area contributed by atoms with Crippen LogP contribution < -0.4 is 10.6 Å². The molecule has 1 fully saturated rings. The van der Waals surface area contributed by atoms with Gasteiger partial charge in [0.2, 0.25) is 0 Å². The lowest BCUT2D eigenvalue weighted by Crippen LogP contribution is -2.29. The van der Waals surface area contributed by atoms with Gasteiger partial charge in [0.15, 0.2) is 0 Å².